The van der Waals surface area contributed by atoms with E-state index >= 15 is 0 Å². The molecule has 2 N–H and O–H groups in total. The zero-order valence-corrected chi connectivity index (χ0v) is 11.6. The highest BCUT2D eigenvalue weighted by Gasteiger charge is 2.26. The molecule has 0 fully saturated rings. The van der Waals surface area contributed by atoms with Crippen molar-refractivity contribution < 1.29 is 9.90 Å². The predicted octanol–water partition coefficient (Wildman–Crippen LogP) is 1.64. The standard InChI is InChI=1S/C15H22N2O2/c1-11(18)9-10-17(2)14-8-7-12-5-3-4-6-13(12)16-15(14)19/h3-6,11,14,18H,7-10H2,1-2H3,(H,16,19). The minimum atomic E-state index is -0.325. The molecule has 1 aliphatic heterocycles. The summed E-state index contributed by atoms with van der Waals surface area (Å²) in [5.74, 6) is 0.0537. The lowest BCUT2D eigenvalue weighted by molar-refractivity contribution is -0.121. The van der Waals surface area contributed by atoms with Crippen molar-refractivity contribution in [3.05, 3.63) is 29.8 Å². The molecule has 1 heterocycles. The lowest BCUT2D eigenvalue weighted by Crippen LogP contribution is -2.42. The number of benzene rings is 1. The van der Waals surface area contributed by atoms with E-state index in [0.717, 1.165) is 25.1 Å². The molecule has 2 atom stereocenters. The topological polar surface area (TPSA) is 52.6 Å². The van der Waals surface area contributed by atoms with Crippen LogP contribution in [-0.4, -0.2) is 41.7 Å². The summed E-state index contributed by atoms with van der Waals surface area (Å²) in [6, 6.07) is 7.84. The molecule has 0 aromatic heterocycles. The van der Waals surface area contributed by atoms with Gasteiger partial charge < -0.3 is 10.4 Å². The highest BCUT2D eigenvalue weighted by Crippen LogP contribution is 2.23. The van der Waals surface area contributed by atoms with Crippen LogP contribution in [-0.2, 0) is 11.2 Å². The number of carbonyl (C=O) groups excluding carboxylic acids is 1. The Hall–Kier alpha value is -1.39. The van der Waals surface area contributed by atoms with E-state index in [0.29, 0.717) is 6.42 Å². The SMILES string of the molecule is CC(O)CCN(C)C1CCc2ccccc2NC1=O. The number of aliphatic hydroxyl groups excluding tert-OH is 1. The Morgan fingerprint density at radius 1 is 1.47 bits per heavy atom. The molecule has 2 rings (SSSR count). The number of nitrogens with one attached hydrogen (secondary N) is 1. The van der Waals surface area contributed by atoms with Crippen LogP contribution < -0.4 is 5.32 Å². The molecule has 2 unspecified atom stereocenters. The average Bonchev–Trinajstić information content (AvgIpc) is 2.54. The Labute approximate surface area is 114 Å². The fourth-order valence-corrected chi connectivity index (χ4v) is 2.47. The fourth-order valence-electron chi connectivity index (χ4n) is 2.47. The van der Waals surface area contributed by atoms with Gasteiger partial charge in [-0.2, -0.15) is 0 Å². The average molecular weight is 262 g/mol. The van der Waals surface area contributed by atoms with Gasteiger partial charge in [0.2, 0.25) is 5.91 Å². The molecule has 1 aromatic carbocycles. The number of aliphatic hydroxyl groups is 1. The summed E-state index contributed by atoms with van der Waals surface area (Å²) in [5, 5.41) is 12.3. The highest BCUT2D eigenvalue weighted by molar-refractivity contribution is 5.96. The number of amides is 1. The van der Waals surface area contributed by atoms with Gasteiger partial charge in [-0.3, -0.25) is 9.69 Å². The Balaban J connectivity index is 2.03. The minimum absolute atomic E-state index is 0.0537. The minimum Gasteiger partial charge on any atom is -0.393 e. The fraction of sp³-hybridized carbons (Fsp3) is 0.533. The molecule has 0 spiro atoms. The van der Waals surface area contributed by atoms with Crippen LogP contribution in [0.15, 0.2) is 24.3 Å². The second-order valence-corrected chi connectivity index (χ2v) is 5.32. The molecule has 0 bridgehead atoms. The van der Waals surface area contributed by atoms with E-state index in [-0.39, 0.29) is 18.1 Å². The third-order valence-electron chi connectivity index (χ3n) is 3.70. The lowest BCUT2D eigenvalue weighted by atomic mass is 10.0. The Kier molecular flexibility index (Phi) is 4.56. The van der Waals surface area contributed by atoms with Crippen molar-refractivity contribution in [2.24, 2.45) is 0 Å². The highest BCUT2D eigenvalue weighted by atomic mass is 16.3. The molecule has 19 heavy (non-hydrogen) atoms. The maximum absolute atomic E-state index is 12.2. The summed E-state index contributed by atoms with van der Waals surface area (Å²) >= 11 is 0. The van der Waals surface area contributed by atoms with Crippen LogP contribution in [0.1, 0.15) is 25.3 Å². The Bertz CT molecular complexity index is 446. The van der Waals surface area contributed by atoms with Crippen LogP contribution in [0.3, 0.4) is 0 Å². The van der Waals surface area contributed by atoms with Crippen LogP contribution in [0.2, 0.25) is 0 Å². The van der Waals surface area contributed by atoms with Gasteiger partial charge >= 0.3 is 0 Å². The van der Waals surface area contributed by atoms with Crippen molar-refractivity contribution in [3.63, 3.8) is 0 Å². The first-order chi connectivity index (χ1) is 9.08. The first-order valence-electron chi connectivity index (χ1n) is 6.85. The van der Waals surface area contributed by atoms with Gasteiger partial charge in [-0.05, 0) is 44.9 Å². The van der Waals surface area contributed by atoms with Crippen molar-refractivity contribution in [3.8, 4) is 0 Å². The molecule has 4 nitrogen and oxygen atoms in total. The van der Waals surface area contributed by atoms with Crippen LogP contribution in [0.5, 0.6) is 0 Å². The van der Waals surface area contributed by atoms with E-state index in [9.17, 15) is 9.90 Å². The molecule has 1 aliphatic rings. The number of nitrogens with zero attached hydrogens (tertiary/aromatic N) is 1. The van der Waals surface area contributed by atoms with Crippen molar-refractivity contribution in [2.45, 2.75) is 38.3 Å². The molecular weight excluding hydrogens is 240 g/mol. The van der Waals surface area contributed by atoms with Crippen molar-refractivity contribution in [1.29, 1.82) is 0 Å². The summed E-state index contributed by atoms with van der Waals surface area (Å²) in [6.07, 6.45) is 2.08. The quantitative estimate of drug-likeness (QED) is 0.867. The second kappa shape index (κ2) is 6.17. The van der Waals surface area contributed by atoms with Crippen molar-refractivity contribution in [1.82, 2.24) is 4.90 Å². The third kappa shape index (κ3) is 3.55. The Morgan fingerprint density at radius 2 is 2.21 bits per heavy atom. The van der Waals surface area contributed by atoms with E-state index < -0.39 is 0 Å². The Morgan fingerprint density at radius 3 is 2.95 bits per heavy atom. The van der Waals surface area contributed by atoms with Gasteiger partial charge in [-0.25, -0.2) is 0 Å². The first kappa shape index (κ1) is 14.0. The van der Waals surface area contributed by atoms with Gasteiger partial charge in [0.05, 0.1) is 12.1 Å². The van der Waals surface area contributed by atoms with E-state index in [2.05, 4.69) is 11.4 Å². The number of aryl methyl sites for hydroxylation is 1. The van der Waals surface area contributed by atoms with E-state index in [1.165, 1.54) is 5.56 Å². The number of likely N-dealkylation sites (N-methyl/N-ethyl adjacent to an activating group) is 1. The van der Waals surface area contributed by atoms with E-state index in [4.69, 9.17) is 0 Å². The summed E-state index contributed by atoms with van der Waals surface area (Å²) in [4.78, 5) is 14.3. The van der Waals surface area contributed by atoms with Crippen LogP contribution in [0.25, 0.3) is 0 Å². The summed E-state index contributed by atoms with van der Waals surface area (Å²) in [6.45, 7) is 2.50. The summed E-state index contributed by atoms with van der Waals surface area (Å²) in [7, 11) is 1.95. The maximum Gasteiger partial charge on any atom is 0.241 e. The number of rotatable bonds is 4. The van der Waals surface area contributed by atoms with Gasteiger partial charge in [0.1, 0.15) is 0 Å². The number of para-hydroxylation sites is 1. The second-order valence-electron chi connectivity index (χ2n) is 5.32. The van der Waals surface area contributed by atoms with E-state index in [1.807, 2.05) is 30.1 Å². The first-order valence-corrected chi connectivity index (χ1v) is 6.85. The molecule has 0 saturated carbocycles. The van der Waals surface area contributed by atoms with Gasteiger partial charge in [0.15, 0.2) is 0 Å². The lowest BCUT2D eigenvalue weighted by Gasteiger charge is -2.25. The summed E-state index contributed by atoms with van der Waals surface area (Å²) in [5.41, 5.74) is 2.13. The molecular formula is C15H22N2O2. The number of hydrogen-bond donors (Lipinski definition) is 2. The number of anilines is 1. The number of fused-ring (bicyclic) bond motifs is 1. The van der Waals surface area contributed by atoms with Crippen LogP contribution in [0.4, 0.5) is 5.69 Å². The zero-order valence-electron chi connectivity index (χ0n) is 11.6. The smallest absolute Gasteiger partial charge is 0.241 e. The van der Waals surface area contributed by atoms with Gasteiger partial charge in [-0.15, -0.1) is 0 Å². The van der Waals surface area contributed by atoms with Crippen LogP contribution >= 0.6 is 0 Å². The molecule has 1 amide bonds. The monoisotopic (exact) mass is 262 g/mol. The number of carbonyl (C=O) groups is 1. The molecule has 1 aromatic rings. The normalized spacial score (nSPS) is 20.6. The molecule has 104 valence electrons. The molecule has 0 aliphatic carbocycles. The zero-order chi connectivity index (χ0) is 13.8. The largest absolute Gasteiger partial charge is 0.393 e. The van der Waals surface area contributed by atoms with Gasteiger partial charge in [0.25, 0.3) is 0 Å². The van der Waals surface area contributed by atoms with Crippen molar-refractivity contribution in [2.75, 3.05) is 18.9 Å². The third-order valence-corrected chi connectivity index (χ3v) is 3.70. The maximum atomic E-state index is 12.2. The van der Waals surface area contributed by atoms with E-state index in [1.54, 1.807) is 6.92 Å². The van der Waals surface area contributed by atoms with Crippen molar-refractivity contribution >= 4 is 11.6 Å². The molecule has 0 radical (unpaired) electrons. The summed E-state index contributed by atoms with van der Waals surface area (Å²) < 4.78 is 0. The molecule has 0 saturated heterocycles. The number of hydrogen-bond acceptors (Lipinski definition) is 3. The van der Waals surface area contributed by atoms with Crippen LogP contribution in [0, 0.1) is 0 Å². The molecule has 4 heteroatoms. The van der Waals surface area contributed by atoms with Gasteiger partial charge in [0, 0.05) is 12.2 Å². The van der Waals surface area contributed by atoms with Gasteiger partial charge in [-0.1, -0.05) is 18.2 Å². The predicted molar refractivity (Wildman–Crippen MR) is 76.1 cm³/mol.